The Balaban J connectivity index is 2.16. The van der Waals surface area contributed by atoms with Gasteiger partial charge in [-0.15, -0.1) is 0 Å². The lowest BCUT2D eigenvalue weighted by molar-refractivity contribution is 0.0144. The van der Waals surface area contributed by atoms with Gasteiger partial charge in [0.25, 0.3) is 0 Å². The van der Waals surface area contributed by atoms with E-state index >= 15 is 0 Å². The molecule has 1 unspecified atom stereocenters. The van der Waals surface area contributed by atoms with E-state index in [0.717, 1.165) is 12.3 Å². The normalized spacial score (nSPS) is 29.7. The van der Waals surface area contributed by atoms with Gasteiger partial charge in [0.1, 0.15) is 12.7 Å². The molecule has 2 rings (SSSR count). The average molecular weight is 153 g/mol. The summed E-state index contributed by atoms with van der Waals surface area (Å²) in [6.45, 7) is 3.39. The van der Waals surface area contributed by atoms with Crippen LogP contribution in [0, 0.1) is 0 Å². The van der Waals surface area contributed by atoms with E-state index in [4.69, 9.17) is 9.47 Å². The number of hydrogen-bond donors (Lipinski definition) is 0. The molecule has 0 spiro atoms. The minimum Gasteiger partial charge on any atom is -0.476 e. The first kappa shape index (κ1) is 6.85. The van der Waals surface area contributed by atoms with Crippen molar-refractivity contribution in [3.05, 3.63) is 11.8 Å². The van der Waals surface area contributed by atoms with Gasteiger partial charge in [-0.25, -0.2) is 4.99 Å². The summed E-state index contributed by atoms with van der Waals surface area (Å²) >= 11 is 0. The topological polar surface area (TPSA) is 30.8 Å². The van der Waals surface area contributed by atoms with Crippen molar-refractivity contribution in [3.63, 3.8) is 0 Å². The summed E-state index contributed by atoms with van der Waals surface area (Å²) < 4.78 is 10.8. The molecule has 1 fully saturated rings. The summed E-state index contributed by atoms with van der Waals surface area (Å²) in [6, 6.07) is 0. The van der Waals surface area contributed by atoms with Crippen molar-refractivity contribution < 1.29 is 9.47 Å². The molecule has 1 saturated heterocycles. The van der Waals surface area contributed by atoms with Crippen molar-refractivity contribution in [3.8, 4) is 0 Å². The van der Waals surface area contributed by atoms with Crippen molar-refractivity contribution in [1.29, 1.82) is 0 Å². The second-order valence-electron chi connectivity index (χ2n) is 2.85. The summed E-state index contributed by atoms with van der Waals surface area (Å²) in [6.07, 6.45) is 2.87. The second-order valence-corrected chi connectivity index (χ2v) is 2.85. The predicted molar refractivity (Wildman–Crippen MR) is 41.5 cm³/mol. The number of rotatable bonds is 0. The van der Waals surface area contributed by atoms with Crippen molar-refractivity contribution in [2.75, 3.05) is 13.2 Å². The van der Waals surface area contributed by atoms with Crippen molar-refractivity contribution in [2.45, 2.75) is 19.4 Å². The molecule has 0 N–H and O–H groups in total. The van der Waals surface area contributed by atoms with Crippen molar-refractivity contribution in [1.82, 2.24) is 0 Å². The van der Waals surface area contributed by atoms with Crippen LogP contribution < -0.4 is 0 Å². The molecule has 0 aromatic carbocycles. The van der Waals surface area contributed by atoms with Gasteiger partial charge < -0.3 is 9.47 Å². The van der Waals surface area contributed by atoms with Gasteiger partial charge in [-0.2, -0.15) is 0 Å². The fraction of sp³-hybridized carbons (Fsp3) is 0.625. The van der Waals surface area contributed by atoms with E-state index in [9.17, 15) is 0 Å². The van der Waals surface area contributed by atoms with Gasteiger partial charge in [-0.1, -0.05) is 5.57 Å². The zero-order valence-electron chi connectivity index (χ0n) is 6.54. The fourth-order valence-corrected chi connectivity index (χ4v) is 1.29. The number of fused-ring (bicyclic) bond motifs is 1. The molecular formula is C8H11NO2. The van der Waals surface area contributed by atoms with Gasteiger partial charge in [0.2, 0.25) is 5.90 Å². The maximum absolute atomic E-state index is 5.46. The quantitative estimate of drug-likeness (QED) is 0.522. The number of ether oxygens (including phenoxy) is 2. The van der Waals surface area contributed by atoms with E-state index in [2.05, 4.69) is 11.9 Å². The van der Waals surface area contributed by atoms with Gasteiger partial charge in [-0.3, -0.25) is 0 Å². The first-order valence-corrected chi connectivity index (χ1v) is 3.84. The summed E-state index contributed by atoms with van der Waals surface area (Å²) in [5.74, 6) is 0.752. The monoisotopic (exact) mass is 153 g/mol. The highest BCUT2D eigenvalue weighted by Gasteiger charge is 2.24. The number of nitrogens with zero attached hydrogens (tertiary/aromatic N) is 1. The molecule has 2 heterocycles. The SMILES string of the molecule is CC1=CN=C2OCCOC2C1. The van der Waals surface area contributed by atoms with E-state index < -0.39 is 0 Å². The Kier molecular flexibility index (Phi) is 1.66. The van der Waals surface area contributed by atoms with Crippen LogP contribution in [0.5, 0.6) is 0 Å². The van der Waals surface area contributed by atoms with Crippen molar-refractivity contribution >= 4 is 5.90 Å². The molecule has 3 heteroatoms. The average Bonchev–Trinajstić information content (AvgIpc) is 2.04. The lowest BCUT2D eigenvalue weighted by Crippen LogP contribution is -2.35. The first-order chi connectivity index (χ1) is 5.36. The molecular weight excluding hydrogens is 142 g/mol. The molecule has 0 aromatic heterocycles. The Morgan fingerprint density at radius 3 is 3.36 bits per heavy atom. The minimum absolute atomic E-state index is 0.0914. The van der Waals surface area contributed by atoms with E-state index in [-0.39, 0.29) is 6.10 Å². The summed E-state index contributed by atoms with van der Waals surface area (Å²) in [7, 11) is 0. The van der Waals surface area contributed by atoms with Crippen LogP contribution in [0.4, 0.5) is 0 Å². The van der Waals surface area contributed by atoms with Gasteiger partial charge >= 0.3 is 0 Å². The Labute approximate surface area is 65.7 Å². The van der Waals surface area contributed by atoms with Gasteiger partial charge in [0.15, 0.2) is 0 Å². The first-order valence-electron chi connectivity index (χ1n) is 3.84. The summed E-state index contributed by atoms with van der Waals surface area (Å²) in [4.78, 5) is 4.14. The molecule has 2 aliphatic heterocycles. The Hall–Kier alpha value is -0.830. The molecule has 0 bridgehead atoms. The molecule has 3 nitrogen and oxygen atoms in total. The third-order valence-corrected chi connectivity index (χ3v) is 1.85. The lowest BCUT2D eigenvalue weighted by atomic mass is 10.1. The third kappa shape index (κ3) is 1.28. The largest absolute Gasteiger partial charge is 0.476 e. The summed E-state index contributed by atoms with van der Waals surface area (Å²) in [5, 5.41) is 0. The fourth-order valence-electron chi connectivity index (χ4n) is 1.29. The highest BCUT2D eigenvalue weighted by Crippen LogP contribution is 2.18. The molecule has 0 saturated carbocycles. The van der Waals surface area contributed by atoms with E-state index in [0.29, 0.717) is 13.2 Å². The van der Waals surface area contributed by atoms with E-state index in [1.807, 2.05) is 6.20 Å². The third-order valence-electron chi connectivity index (χ3n) is 1.85. The van der Waals surface area contributed by atoms with Gasteiger partial charge in [0.05, 0.1) is 6.61 Å². The van der Waals surface area contributed by atoms with Crippen LogP contribution in [0.2, 0.25) is 0 Å². The molecule has 0 amide bonds. The van der Waals surface area contributed by atoms with Gasteiger partial charge in [-0.05, 0) is 6.92 Å². The Morgan fingerprint density at radius 1 is 1.55 bits per heavy atom. The zero-order chi connectivity index (χ0) is 7.68. The molecule has 0 radical (unpaired) electrons. The van der Waals surface area contributed by atoms with Crippen LogP contribution in [-0.2, 0) is 9.47 Å². The van der Waals surface area contributed by atoms with E-state index in [1.165, 1.54) is 5.57 Å². The molecule has 0 aromatic rings. The number of aliphatic imine (C=N–C) groups is 1. The van der Waals surface area contributed by atoms with Crippen LogP contribution in [-0.4, -0.2) is 25.2 Å². The maximum Gasteiger partial charge on any atom is 0.218 e. The summed E-state index contributed by atoms with van der Waals surface area (Å²) in [5.41, 5.74) is 1.25. The van der Waals surface area contributed by atoms with Crippen LogP contribution in [0.25, 0.3) is 0 Å². The zero-order valence-corrected chi connectivity index (χ0v) is 6.54. The Morgan fingerprint density at radius 2 is 2.45 bits per heavy atom. The van der Waals surface area contributed by atoms with Crippen LogP contribution in [0.3, 0.4) is 0 Å². The second kappa shape index (κ2) is 2.66. The maximum atomic E-state index is 5.46. The standard InChI is InChI=1S/C8H11NO2/c1-6-4-7-8(9-5-6)11-3-2-10-7/h5,7H,2-4H2,1H3. The molecule has 60 valence electrons. The molecule has 2 aliphatic rings. The predicted octanol–water partition coefficient (Wildman–Crippen LogP) is 1.11. The van der Waals surface area contributed by atoms with Crippen LogP contribution >= 0.6 is 0 Å². The smallest absolute Gasteiger partial charge is 0.218 e. The Bertz CT molecular complexity index is 220. The van der Waals surface area contributed by atoms with Crippen LogP contribution in [0.1, 0.15) is 13.3 Å². The highest BCUT2D eigenvalue weighted by molar-refractivity contribution is 5.83. The van der Waals surface area contributed by atoms with Crippen LogP contribution in [0.15, 0.2) is 16.8 Å². The highest BCUT2D eigenvalue weighted by atomic mass is 16.6. The number of hydrogen-bond acceptors (Lipinski definition) is 3. The molecule has 11 heavy (non-hydrogen) atoms. The van der Waals surface area contributed by atoms with Crippen molar-refractivity contribution in [2.24, 2.45) is 4.99 Å². The lowest BCUT2D eigenvalue weighted by Gasteiger charge is -2.27. The molecule has 1 atom stereocenters. The van der Waals surface area contributed by atoms with Gasteiger partial charge in [0, 0.05) is 12.6 Å². The molecule has 0 aliphatic carbocycles. The van der Waals surface area contributed by atoms with E-state index in [1.54, 1.807) is 0 Å². The minimum atomic E-state index is 0.0914.